The zero-order valence-corrected chi connectivity index (χ0v) is 22.3. The number of nitrogens with one attached hydrogen (secondary N) is 1. The topological polar surface area (TPSA) is 74.7 Å². The van der Waals surface area contributed by atoms with Crippen molar-refractivity contribution in [2.75, 3.05) is 20.7 Å². The summed E-state index contributed by atoms with van der Waals surface area (Å²) in [5, 5.41) is 3.22. The first-order valence-electron chi connectivity index (χ1n) is 13.1. The second-order valence-corrected chi connectivity index (χ2v) is 9.43. The number of methoxy groups -OCH3 is 1. The van der Waals surface area contributed by atoms with Gasteiger partial charge in [0, 0.05) is 25.7 Å². The number of hydrogen-bond acceptors (Lipinski definition) is 5. The Morgan fingerprint density at radius 1 is 0.816 bits per heavy atom. The zero-order valence-electron chi connectivity index (χ0n) is 22.3. The first-order valence-corrected chi connectivity index (χ1v) is 13.1. The fourth-order valence-electron chi connectivity index (χ4n) is 4.81. The Balaban J connectivity index is 1.51. The molecule has 0 atom stereocenters. The number of hydrogen-bond donors (Lipinski definition) is 1. The summed E-state index contributed by atoms with van der Waals surface area (Å²) in [5.41, 5.74) is 5.30. The molecule has 8 nitrogen and oxygen atoms in total. The highest BCUT2D eigenvalue weighted by Crippen LogP contribution is 2.30. The maximum absolute atomic E-state index is 5.33. The Morgan fingerprint density at radius 3 is 2.34 bits per heavy atom. The molecule has 5 aromatic rings. The molecule has 0 saturated carbocycles. The van der Waals surface area contributed by atoms with Gasteiger partial charge in [0.2, 0.25) is 0 Å². The molecule has 0 spiro atoms. The SMILES string of the molecule is CNCCCCCn1cncc1-c1ncc(-c2ncc(-c3ccc(OC)cc3)n2C)n1Cc1ccccc1. The van der Waals surface area contributed by atoms with Crippen LogP contribution < -0.4 is 10.1 Å². The molecule has 0 bridgehead atoms. The summed E-state index contributed by atoms with van der Waals surface area (Å²) >= 11 is 0. The number of rotatable bonds is 12. The van der Waals surface area contributed by atoms with Crippen LogP contribution in [0.25, 0.3) is 34.3 Å². The van der Waals surface area contributed by atoms with Crippen molar-refractivity contribution < 1.29 is 4.74 Å². The van der Waals surface area contributed by atoms with E-state index in [0.717, 1.165) is 59.6 Å². The highest BCUT2D eigenvalue weighted by molar-refractivity contribution is 5.66. The van der Waals surface area contributed by atoms with Crippen molar-refractivity contribution >= 4 is 0 Å². The van der Waals surface area contributed by atoms with Crippen LogP contribution in [0, 0.1) is 0 Å². The van der Waals surface area contributed by atoms with Crippen molar-refractivity contribution in [1.29, 1.82) is 0 Å². The molecular weight excluding hydrogens is 474 g/mol. The van der Waals surface area contributed by atoms with Crippen molar-refractivity contribution in [2.45, 2.75) is 32.4 Å². The van der Waals surface area contributed by atoms with E-state index < -0.39 is 0 Å². The van der Waals surface area contributed by atoms with Crippen LogP contribution in [0.2, 0.25) is 0 Å². The predicted molar refractivity (Wildman–Crippen MR) is 151 cm³/mol. The van der Waals surface area contributed by atoms with Gasteiger partial charge in [0.1, 0.15) is 17.1 Å². The highest BCUT2D eigenvalue weighted by Gasteiger charge is 2.21. The molecule has 0 amide bonds. The van der Waals surface area contributed by atoms with Gasteiger partial charge in [-0.3, -0.25) is 0 Å². The van der Waals surface area contributed by atoms with Crippen LogP contribution >= 0.6 is 0 Å². The van der Waals surface area contributed by atoms with Gasteiger partial charge in [-0.15, -0.1) is 0 Å². The van der Waals surface area contributed by atoms with Crippen molar-refractivity contribution in [3.05, 3.63) is 85.1 Å². The molecule has 0 aliphatic rings. The van der Waals surface area contributed by atoms with E-state index in [-0.39, 0.29) is 0 Å². The van der Waals surface area contributed by atoms with E-state index in [0.29, 0.717) is 6.54 Å². The summed E-state index contributed by atoms with van der Waals surface area (Å²) < 4.78 is 11.9. The molecule has 5 rings (SSSR count). The lowest BCUT2D eigenvalue weighted by molar-refractivity contribution is 0.415. The van der Waals surface area contributed by atoms with Gasteiger partial charge in [0.25, 0.3) is 0 Å². The van der Waals surface area contributed by atoms with Crippen LogP contribution in [0.5, 0.6) is 5.75 Å². The van der Waals surface area contributed by atoms with Crippen molar-refractivity contribution in [3.8, 4) is 40.0 Å². The third-order valence-electron chi connectivity index (χ3n) is 6.91. The fraction of sp³-hybridized carbons (Fsp3) is 0.300. The molecular formula is C30H35N7O. The molecule has 1 N–H and O–H groups in total. The summed E-state index contributed by atoms with van der Waals surface area (Å²) in [6, 6.07) is 18.5. The smallest absolute Gasteiger partial charge is 0.159 e. The van der Waals surface area contributed by atoms with Crippen LogP contribution in [-0.2, 0) is 20.1 Å². The molecule has 0 fully saturated rings. The van der Waals surface area contributed by atoms with Crippen LogP contribution in [0.15, 0.2) is 79.5 Å². The maximum atomic E-state index is 5.33. The van der Waals surface area contributed by atoms with E-state index in [1.807, 2.05) is 50.2 Å². The van der Waals surface area contributed by atoms with Gasteiger partial charge in [0.05, 0.1) is 37.7 Å². The zero-order chi connectivity index (χ0) is 26.3. The minimum atomic E-state index is 0.684. The van der Waals surface area contributed by atoms with E-state index in [2.05, 4.69) is 67.4 Å². The first-order chi connectivity index (χ1) is 18.7. The van der Waals surface area contributed by atoms with E-state index in [9.17, 15) is 0 Å². The Hall–Kier alpha value is -4.17. The number of benzene rings is 2. The largest absolute Gasteiger partial charge is 0.497 e. The number of aryl methyl sites for hydroxylation is 1. The van der Waals surface area contributed by atoms with Crippen molar-refractivity contribution in [1.82, 2.24) is 34.0 Å². The molecule has 38 heavy (non-hydrogen) atoms. The second kappa shape index (κ2) is 11.9. The average Bonchev–Trinajstić information content (AvgIpc) is 3.67. The number of aromatic nitrogens is 6. The summed E-state index contributed by atoms with van der Waals surface area (Å²) in [7, 11) is 5.73. The number of unbranched alkanes of at least 4 members (excludes halogenated alkanes) is 2. The summed E-state index contributed by atoms with van der Waals surface area (Å²) in [5.74, 6) is 2.59. The molecule has 2 aromatic carbocycles. The lowest BCUT2D eigenvalue weighted by Crippen LogP contribution is -2.10. The average molecular weight is 510 g/mol. The van der Waals surface area contributed by atoms with Gasteiger partial charge in [-0.05, 0) is 56.3 Å². The summed E-state index contributed by atoms with van der Waals surface area (Å²) in [6.45, 7) is 2.64. The van der Waals surface area contributed by atoms with Crippen LogP contribution in [0.4, 0.5) is 0 Å². The Kier molecular flexibility index (Phi) is 7.99. The lowest BCUT2D eigenvalue weighted by Gasteiger charge is -2.14. The molecule has 3 heterocycles. The minimum absolute atomic E-state index is 0.684. The monoisotopic (exact) mass is 509 g/mol. The summed E-state index contributed by atoms with van der Waals surface area (Å²) in [4.78, 5) is 14.2. The molecule has 0 saturated heterocycles. The minimum Gasteiger partial charge on any atom is -0.497 e. The van der Waals surface area contributed by atoms with E-state index in [4.69, 9.17) is 14.7 Å². The van der Waals surface area contributed by atoms with Gasteiger partial charge >= 0.3 is 0 Å². The van der Waals surface area contributed by atoms with Crippen LogP contribution in [0.1, 0.15) is 24.8 Å². The lowest BCUT2D eigenvalue weighted by atomic mass is 10.1. The standard InChI is InChI=1S/C30H35N7O/c1-31-16-8-5-9-17-36-22-32-18-27(36)30-34-20-28(37(30)21-23-10-6-4-7-11-23)29-33-19-26(35(29)2)24-12-14-25(38-3)15-13-24/h4,6-7,10-15,18-20,22,31H,5,8-9,16-17,21H2,1-3H3. The highest BCUT2D eigenvalue weighted by atomic mass is 16.5. The molecule has 0 radical (unpaired) electrons. The van der Waals surface area contributed by atoms with Crippen molar-refractivity contribution in [3.63, 3.8) is 0 Å². The number of nitrogens with zero attached hydrogens (tertiary/aromatic N) is 6. The second-order valence-electron chi connectivity index (χ2n) is 9.43. The predicted octanol–water partition coefficient (Wildman–Crippen LogP) is 5.26. The van der Waals surface area contributed by atoms with Gasteiger partial charge in [-0.25, -0.2) is 15.0 Å². The Bertz CT molecular complexity index is 1450. The first kappa shape index (κ1) is 25.5. The molecule has 0 aliphatic heterocycles. The fourth-order valence-corrected chi connectivity index (χ4v) is 4.81. The maximum Gasteiger partial charge on any atom is 0.159 e. The van der Waals surface area contributed by atoms with E-state index in [1.54, 1.807) is 7.11 Å². The van der Waals surface area contributed by atoms with Gasteiger partial charge in [0.15, 0.2) is 11.6 Å². The number of imidazole rings is 3. The molecule has 3 aromatic heterocycles. The van der Waals surface area contributed by atoms with E-state index in [1.165, 1.54) is 18.4 Å². The van der Waals surface area contributed by atoms with Crippen LogP contribution in [-0.4, -0.2) is 49.4 Å². The van der Waals surface area contributed by atoms with Crippen molar-refractivity contribution in [2.24, 2.45) is 7.05 Å². The molecule has 196 valence electrons. The molecule has 0 unspecified atom stereocenters. The third-order valence-corrected chi connectivity index (χ3v) is 6.91. The summed E-state index contributed by atoms with van der Waals surface area (Å²) in [6.07, 6.45) is 11.1. The van der Waals surface area contributed by atoms with Gasteiger partial charge < -0.3 is 23.8 Å². The van der Waals surface area contributed by atoms with E-state index >= 15 is 0 Å². The Morgan fingerprint density at radius 2 is 1.58 bits per heavy atom. The number of ether oxygens (including phenoxy) is 1. The molecule has 8 heteroatoms. The Labute approximate surface area is 224 Å². The normalized spacial score (nSPS) is 11.2. The van der Waals surface area contributed by atoms with Gasteiger partial charge in [-0.1, -0.05) is 36.8 Å². The van der Waals surface area contributed by atoms with Crippen LogP contribution in [0.3, 0.4) is 0 Å². The molecule has 0 aliphatic carbocycles. The van der Waals surface area contributed by atoms with Gasteiger partial charge in [-0.2, -0.15) is 0 Å². The quantitative estimate of drug-likeness (QED) is 0.232. The third kappa shape index (κ3) is 5.40.